The molecule has 13 heavy (non-hydrogen) atoms. The molecule has 1 aromatic heterocycles. The molecule has 0 fully saturated rings. The maximum atomic E-state index is 11.2. The van der Waals surface area contributed by atoms with E-state index in [0.717, 1.165) is 0 Å². The van der Waals surface area contributed by atoms with Gasteiger partial charge in [-0.3, -0.25) is 9.89 Å². The van der Waals surface area contributed by atoms with Gasteiger partial charge in [0.2, 0.25) is 0 Å². The predicted octanol–water partition coefficient (Wildman–Crippen LogP) is 0.544. The van der Waals surface area contributed by atoms with Crippen LogP contribution in [0.5, 0.6) is 0 Å². The molecule has 0 aliphatic heterocycles. The zero-order valence-corrected chi connectivity index (χ0v) is 7.83. The molecule has 0 saturated carbocycles. The summed E-state index contributed by atoms with van der Waals surface area (Å²) in [5.74, 6) is -0.531. The molecule has 0 amide bonds. The zero-order valence-electron chi connectivity index (χ0n) is 7.83. The smallest absolute Gasteiger partial charge is 0.356 e. The van der Waals surface area contributed by atoms with Gasteiger partial charge in [0, 0.05) is 12.1 Å². The molecule has 0 saturated heterocycles. The van der Waals surface area contributed by atoms with Gasteiger partial charge in [0.1, 0.15) is 5.69 Å². The summed E-state index contributed by atoms with van der Waals surface area (Å²) in [5, 5.41) is 2.66. The summed E-state index contributed by atoms with van der Waals surface area (Å²) in [4.78, 5) is 22.2. The Morgan fingerprint density at radius 1 is 1.62 bits per heavy atom. The fraction of sp³-hybridized carbons (Fsp3) is 0.500. The fourth-order valence-corrected chi connectivity index (χ4v) is 1.01. The van der Waals surface area contributed by atoms with Gasteiger partial charge in [-0.05, 0) is 13.8 Å². The monoisotopic (exact) mass is 184 g/mol. The first-order chi connectivity index (χ1) is 6.06. The van der Waals surface area contributed by atoms with E-state index in [9.17, 15) is 9.59 Å². The van der Waals surface area contributed by atoms with Crippen molar-refractivity contribution in [2.75, 3.05) is 7.11 Å². The summed E-state index contributed by atoms with van der Waals surface area (Å²) in [5.41, 5.74) is -0.0448. The molecule has 5 nitrogen and oxygen atoms in total. The molecule has 0 aliphatic rings. The van der Waals surface area contributed by atoms with E-state index >= 15 is 0 Å². The number of ether oxygens (including phenoxy) is 1. The molecule has 0 atom stereocenters. The zero-order chi connectivity index (χ0) is 10.0. The first kappa shape index (κ1) is 9.57. The SMILES string of the molecule is COC(=O)c1cc(=O)n(C(C)C)[nH]1. The third-order valence-electron chi connectivity index (χ3n) is 1.67. The highest BCUT2D eigenvalue weighted by molar-refractivity contribution is 5.86. The Kier molecular flexibility index (Phi) is 2.55. The van der Waals surface area contributed by atoms with E-state index in [4.69, 9.17) is 0 Å². The Morgan fingerprint density at radius 3 is 2.62 bits per heavy atom. The van der Waals surface area contributed by atoms with Crippen molar-refractivity contribution in [3.8, 4) is 0 Å². The number of carbonyl (C=O) groups is 1. The highest BCUT2D eigenvalue weighted by Gasteiger charge is 2.11. The first-order valence-corrected chi connectivity index (χ1v) is 3.96. The second-order valence-corrected chi connectivity index (χ2v) is 2.96. The molecule has 1 heterocycles. The van der Waals surface area contributed by atoms with Gasteiger partial charge in [-0.25, -0.2) is 9.48 Å². The normalized spacial score (nSPS) is 10.5. The van der Waals surface area contributed by atoms with Crippen LogP contribution in [0.1, 0.15) is 30.4 Å². The van der Waals surface area contributed by atoms with Crippen molar-refractivity contribution in [2.45, 2.75) is 19.9 Å². The molecular weight excluding hydrogens is 172 g/mol. The van der Waals surface area contributed by atoms with Crippen LogP contribution in [-0.4, -0.2) is 22.9 Å². The van der Waals surface area contributed by atoms with Gasteiger partial charge in [0.15, 0.2) is 0 Å². The Morgan fingerprint density at radius 2 is 2.23 bits per heavy atom. The van der Waals surface area contributed by atoms with Crippen molar-refractivity contribution in [3.05, 3.63) is 22.1 Å². The molecule has 0 spiro atoms. The van der Waals surface area contributed by atoms with Crippen LogP contribution in [0.2, 0.25) is 0 Å². The number of rotatable bonds is 2. The van der Waals surface area contributed by atoms with E-state index in [1.165, 1.54) is 17.9 Å². The maximum absolute atomic E-state index is 11.2. The number of hydrogen-bond donors (Lipinski definition) is 1. The highest BCUT2D eigenvalue weighted by atomic mass is 16.5. The van der Waals surface area contributed by atoms with Crippen molar-refractivity contribution in [1.29, 1.82) is 0 Å². The van der Waals surface area contributed by atoms with Crippen LogP contribution in [0.25, 0.3) is 0 Å². The number of carbonyl (C=O) groups excluding carboxylic acids is 1. The number of esters is 1. The lowest BCUT2D eigenvalue weighted by molar-refractivity contribution is 0.0593. The average molecular weight is 184 g/mol. The topological polar surface area (TPSA) is 64.1 Å². The number of aromatic nitrogens is 2. The number of aromatic amines is 1. The van der Waals surface area contributed by atoms with E-state index in [2.05, 4.69) is 9.84 Å². The van der Waals surface area contributed by atoms with Crippen LogP contribution in [-0.2, 0) is 4.74 Å². The Labute approximate surface area is 75.3 Å². The van der Waals surface area contributed by atoms with Gasteiger partial charge in [0.05, 0.1) is 7.11 Å². The lowest BCUT2D eigenvalue weighted by atomic mass is 10.4. The molecule has 1 rings (SSSR count). The van der Waals surface area contributed by atoms with Gasteiger partial charge >= 0.3 is 5.97 Å². The molecule has 0 unspecified atom stereocenters. The van der Waals surface area contributed by atoms with E-state index < -0.39 is 5.97 Å². The van der Waals surface area contributed by atoms with Crippen LogP contribution in [0.3, 0.4) is 0 Å². The fourth-order valence-electron chi connectivity index (χ4n) is 1.01. The van der Waals surface area contributed by atoms with Gasteiger partial charge in [-0.15, -0.1) is 0 Å². The third-order valence-corrected chi connectivity index (χ3v) is 1.67. The summed E-state index contributed by atoms with van der Waals surface area (Å²) in [6.45, 7) is 3.69. The molecule has 1 aromatic rings. The predicted molar refractivity (Wildman–Crippen MR) is 46.8 cm³/mol. The molecule has 0 bridgehead atoms. The van der Waals surface area contributed by atoms with Gasteiger partial charge in [-0.2, -0.15) is 0 Å². The van der Waals surface area contributed by atoms with E-state index in [0.29, 0.717) is 0 Å². The summed E-state index contributed by atoms with van der Waals surface area (Å²) in [7, 11) is 1.27. The number of methoxy groups -OCH3 is 1. The van der Waals surface area contributed by atoms with E-state index in [-0.39, 0.29) is 17.3 Å². The molecule has 0 aromatic carbocycles. The minimum Gasteiger partial charge on any atom is -0.464 e. The van der Waals surface area contributed by atoms with Crippen LogP contribution in [0, 0.1) is 0 Å². The van der Waals surface area contributed by atoms with Gasteiger partial charge in [0.25, 0.3) is 5.56 Å². The van der Waals surface area contributed by atoms with Crippen LogP contribution >= 0.6 is 0 Å². The lowest BCUT2D eigenvalue weighted by Crippen LogP contribution is -2.17. The standard InChI is InChI=1S/C8H12N2O3/c1-5(2)10-7(11)4-6(9-10)8(12)13-3/h4-5,9H,1-3H3. The Hall–Kier alpha value is -1.52. The molecule has 5 heteroatoms. The van der Waals surface area contributed by atoms with Crippen LogP contribution < -0.4 is 5.56 Å². The van der Waals surface area contributed by atoms with Crippen molar-refractivity contribution >= 4 is 5.97 Å². The third kappa shape index (κ3) is 1.80. The molecule has 1 N–H and O–H groups in total. The first-order valence-electron chi connectivity index (χ1n) is 3.96. The number of nitrogens with zero attached hydrogens (tertiary/aromatic N) is 1. The number of hydrogen-bond acceptors (Lipinski definition) is 3. The van der Waals surface area contributed by atoms with Crippen molar-refractivity contribution in [3.63, 3.8) is 0 Å². The summed E-state index contributed by atoms with van der Waals surface area (Å²) in [6.07, 6.45) is 0. The van der Waals surface area contributed by atoms with E-state index in [1.807, 2.05) is 13.8 Å². The van der Waals surface area contributed by atoms with Crippen molar-refractivity contribution in [2.24, 2.45) is 0 Å². The summed E-state index contributed by atoms with van der Waals surface area (Å²) >= 11 is 0. The Bertz CT molecular complexity index is 362. The average Bonchev–Trinajstić information content (AvgIpc) is 2.46. The highest BCUT2D eigenvalue weighted by Crippen LogP contribution is 2.00. The quantitative estimate of drug-likeness (QED) is 0.682. The van der Waals surface area contributed by atoms with Gasteiger partial charge < -0.3 is 4.74 Å². The number of H-pyrrole nitrogens is 1. The molecule has 72 valence electrons. The minimum absolute atomic E-state index is 0.00547. The Balaban J connectivity index is 3.09. The summed E-state index contributed by atoms with van der Waals surface area (Å²) in [6, 6.07) is 1.23. The summed E-state index contributed by atoms with van der Waals surface area (Å²) < 4.78 is 5.83. The second-order valence-electron chi connectivity index (χ2n) is 2.96. The van der Waals surface area contributed by atoms with E-state index in [1.54, 1.807) is 0 Å². The van der Waals surface area contributed by atoms with Crippen LogP contribution in [0.15, 0.2) is 10.9 Å². The van der Waals surface area contributed by atoms with Crippen LogP contribution in [0.4, 0.5) is 0 Å². The molecule has 0 radical (unpaired) electrons. The largest absolute Gasteiger partial charge is 0.464 e. The molecular formula is C8H12N2O3. The molecule has 0 aliphatic carbocycles. The van der Waals surface area contributed by atoms with Gasteiger partial charge in [-0.1, -0.05) is 0 Å². The maximum Gasteiger partial charge on any atom is 0.356 e. The van der Waals surface area contributed by atoms with Crippen molar-refractivity contribution < 1.29 is 9.53 Å². The number of nitrogens with one attached hydrogen (secondary N) is 1. The van der Waals surface area contributed by atoms with Crippen molar-refractivity contribution in [1.82, 2.24) is 9.78 Å². The second kappa shape index (κ2) is 3.47. The lowest BCUT2D eigenvalue weighted by Gasteiger charge is -2.04. The minimum atomic E-state index is -0.531.